The Hall–Kier alpha value is -1.88. The molecule has 0 unspecified atom stereocenters. The Morgan fingerprint density at radius 1 is 1.07 bits per heavy atom. The van der Waals surface area contributed by atoms with E-state index in [0.29, 0.717) is 17.1 Å². The Morgan fingerprint density at radius 3 is 2.21 bits per heavy atom. The summed E-state index contributed by atoms with van der Waals surface area (Å²) in [6.45, 7) is 1.39. The van der Waals surface area contributed by atoms with E-state index in [2.05, 4.69) is 0 Å². The summed E-state index contributed by atoms with van der Waals surface area (Å²) in [7, 11) is 2.89. The van der Waals surface area contributed by atoms with Gasteiger partial charge in [-0.1, -0.05) is 12.2 Å². The van der Waals surface area contributed by atoms with Crippen LogP contribution in [0.15, 0.2) is 18.2 Å². The zero-order valence-electron chi connectivity index (χ0n) is 16.1. The largest absolute Gasteiger partial charge is 0.493 e. The van der Waals surface area contributed by atoms with Gasteiger partial charge >= 0.3 is 0 Å². The number of methoxy groups -OCH3 is 2. The Morgan fingerprint density at radius 2 is 1.71 bits per heavy atom. The SMILES string of the molecule is CCO[C@@H]1[C@@H](O)[C@H](Oc2c(OC)cc(C=CCO)cc2OC)O[C@H](CO)[C@H]1O. The summed E-state index contributed by atoms with van der Waals surface area (Å²) in [6, 6.07) is 3.33. The molecule has 1 fully saturated rings. The van der Waals surface area contributed by atoms with E-state index in [0.717, 1.165) is 0 Å². The zero-order chi connectivity index (χ0) is 20.7. The number of ether oxygens (including phenoxy) is 5. The third kappa shape index (κ3) is 4.93. The first-order chi connectivity index (χ1) is 13.5. The maximum Gasteiger partial charge on any atom is 0.229 e. The molecule has 0 amide bonds. The van der Waals surface area contributed by atoms with Crippen molar-refractivity contribution in [3.8, 4) is 17.2 Å². The van der Waals surface area contributed by atoms with Crippen molar-refractivity contribution in [3.05, 3.63) is 23.8 Å². The van der Waals surface area contributed by atoms with Crippen molar-refractivity contribution in [2.45, 2.75) is 37.6 Å². The number of benzene rings is 1. The van der Waals surface area contributed by atoms with Crippen molar-refractivity contribution in [2.75, 3.05) is 34.0 Å². The maximum absolute atomic E-state index is 10.6. The van der Waals surface area contributed by atoms with Gasteiger partial charge in [-0.05, 0) is 24.6 Å². The van der Waals surface area contributed by atoms with E-state index in [1.807, 2.05) is 0 Å². The van der Waals surface area contributed by atoms with Crippen LogP contribution in [0.25, 0.3) is 6.08 Å². The lowest BCUT2D eigenvalue weighted by Crippen LogP contribution is -2.61. The molecule has 1 heterocycles. The quantitative estimate of drug-likeness (QED) is 0.450. The minimum Gasteiger partial charge on any atom is -0.493 e. The van der Waals surface area contributed by atoms with Gasteiger partial charge in [-0.25, -0.2) is 0 Å². The molecule has 1 aromatic rings. The van der Waals surface area contributed by atoms with Gasteiger partial charge in [0.05, 0.1) is 27.4 Å². The van der Waals surface area contributed by atoms with Gasteiger partial charge in [-0.2, -0.15) is 0 Å². The van der Waals surface area contributed by atoms with Crippen LogP contribution >= 0.6 is 0 Å². The number of aliphatic hydroxyl groups is 4. The molecule has 9 nitrogen and oxygen atoms in total. The molecular formula is C19H28O9. The molecule has 2 rings (SSSR count). The first-order valence-electron chi connectivity index (χ1n) is 8.94. The molecule has 158 valence electrons. The van der Waals surface area contributed by atoms with Crippen molar-refractivity contribution >= 4 is 6.08 Å². The third-order valence-corrected chi connectivity index (χ3v) is 4.31. The monoisotopic (exact) mass is 400 g/mol. The van der Waals surface area contributed by atoms with Crippen LogP contribution in [0.4, 0.5) is 0 Å². The highest BCUT2D eigenvalue weighted by atomic mass is 16.7. The summed E-state index contributed by atoms with van der Waals surface area (Å²) in [4.78, 5) is 0. The second-order valence-corrected chi connectivity index (χ2v) is 6.08. The maximum atomic E-state index is 10.6. The van der Waals surface area contributed by atoms with Gasteiger partial charge in [0.15, 0.2) is 11.5 Å². The molecule has 0 radical (unpaired) electrons. The third-order valence-electron chi connectivity index (χ3n) is 4.31. The van der Waals surface area contributed by atoms with Crippen LogP contribution < -0.4 is 14.2 Å². The van der Waals surface area contributed by atoms with Crippen LogP contribution in [-0.4, -0.2) is 85.2 Å². The van der Waals surface area contributed by atoms with E-state index >= 15 is 0 Å². The predicted molar refractivity (Wildman–Crippen MR) is 99.5 cm³/mol. The fourth-order valence-corrected chi connectivity index (χ4v) is 2.96. The molecule has 0 aliphatic carbocycles. The van der Waals surface area contributed by atoms with Crippen LogP contribution in [-0.2, 0) is 9.47 Å². The number of hydrogen-bond acceptors (Lipinski definition) is 9. The molecule has 0 bridgehead atoms. The van der Waals surface area contributed by atoms with Crippen molar-refractivity contribution < 1.29 is 44.1 Å². The lowest BCUT2D eigenvalue weighted by molar-refractivity contribution is -0.285. The minimum atomic E-state index is -1.32. The van der Waals surface area contributed by atoms with Crippen molar-refractivity contribution in [2.24, 2.45) is 0 Å². The smallest absolute Gasteiger partial charge is 0.229 e. The van der Waals surface area contributed by atoms with Gasteiger partial charge < -0.3 is 44.1 Å². The lowest BCUT2D eigenvalue weighted by Gasteiger charge is -2.41. The molecule has 0 aromatic heterocycles. The van der Waals surface area contributed by atoms with Gasteiger partial charge in [-0.15, -0.1) is 0 Å². The van der Waals surface area contributed by atoms with Gasteiger partial charge in [0, 0.05) is 6.61 Å². The van der Waals surface area contributed by atoms with Crippen molar-refractivity contribution in [1.82, 2.24) is 0 Å². The highest BCUT2D eigenvalue weighted by Crippen LogP contribution is 2.41. The van der Waals surface area contributed by atoms with Gasteiger partial charge in [-0.3, -0.25) is 0 Å². The summed E-state index contributed by atoms with van der Waals surface area (Å²) < 4.78 is 27.5. The predicted octanol–water partition coefficient (Wildman–Crippen LogP) is -0.0678. The summed E-state index contributed by atoms with van der Waals surface area (Å²) >= 11 is 0. The average Bonchev–Trinajstić information content (AvgIpc) is 2.71. The molecule has 1 aliphatic heterocycles. The Labute approximate surface area is 163 Å². The molecule has 4 N–H and O–H groups in total. The summed E-state index contributed by atoms with van der Waals surface area (Å²) in [6.07, 6.45) is -2.51. The summed E-state index contributed by atoms with van der Waals surface area (Å²) in [5.41, 5.74) is 0.705. The number of hydrogen-bond donors (Lipinski definition) is 4. The molecular weight excluding hydrogens is 372 g/mol. The van der Waals surface area contributed by atoms with E-state index in [1.54, 1.807) is 31.2 Å². The molecule has 1 aromatic carbocycles. The molecule has 0 spiro atoms. The van der Waals surface area contributed by atoms with Crippen LogP contribution in [0.1, 0.15) is 12.5 Å². The molecule has 1 aliphatic rings. The summed E-state index contributed by atoms with van der Waals surface area (Å²) in [5.74, 6) is 0.804. The van der Waals surface area contributed by atoms with Crippen molar-refractivity contribution in [1.29, 1.82) is 0 Å². The summed E-state index contributed by atoms with van der Waals surface area (Å²) in [5, 5.41) is 39.2. The second-order valence-electron chi connectivity index (χ2n) is 6.08. The fourth-order valence-electron chi connectivity index (χ4n) is 2.96. The first-order valence-corrected chi connectivity index (χ1v) is 8.94. The topological polar surface area (TPSA) is 127 Å². The molecule has 1 saturated heterocycles. The van der Waals surface area contributed by atoms with Crippen LogP contribution in [0.2, 0.25) is 0 Å². The van der Waals surface area contributed by atoms with Gasteiger partial charge in [0.2, 0.25) is 12.0 Å². The van der Waals surface area contributed by atoms with Gasteiger partial charge in [0.1, 0.15) is 24.4 Å². The fraction of sp³-hybridized carbons (Fsp3) is 0.579. The zero-order valence-corrected chi connectivity index (χ0v) is 16.1. The molecule has 9 heteroatoms. The first kappa shape index (κ1) is 22.4. The Kier molecular flexibility index (Phi) is 8.49. The van der Waals surface area contributed by atoms with Crippen LogP contribution in [0.5, 0.6) is 17.2 Å². The van der Waals surface area contributed by atoms with Crippen LogP contribution in [0, 0.1) is 0 Å². The number of rotatable bonds is 9. The van der Waals surface area contributed by atoms with Gasteiger partial charge in [0.25, 0.3) is 0 Å². The van der Waals surface area contributed by atoms with E-state index in [4.69, 9.17) is 28.8 Å². The number of aliphatic hydroxyl groups excluding tert-OH is 4. The molecule has 5 atom stereocenters. The second kappa shape index (κ2) is 10.6. The standard InChI is InChI=1S/C19H28O9/c1-4-26-18-15(22)14(10-21)27-19(16(18)23)28-17-12(24-2)8-11(6-5-7-20)9-13(17)25-3/h5-6,8-9,14-16,18-23H,4,7,10H2,1-3H3/t14-,15-,16-,18+,19+/m1/s1. The van der Waals surface area contributed by atoms with E-state index in [9.17, 15) is 15.3 Å². The Bertz CT molecular complexity index is 623. The van der Waals surface area contributed by atoms with Crippen molar-refractivity contribution in [3.63, 3.8) is 0 Å². The van der Waals surface area contributed by atoms with E-state index in [-0.39, 0.29) is 19.0 Å². The van der Waals surface area contributed by atoms with E-state index in [1.165, 1.54) is 14.2 Å². The average molecular weight is 400 g/mol. The van der Waals surface area contributed by atoms with E-state index < -0.39 is 37.3 Å². The highest BCUT2D eigenvalue weighted by Gasteiger charge is 2.46. The highest BCUT2D eigenvalue weighted by molar-refractivity contribution is 5.62. The van der Waals surface area contributed by atoms with Crippen LogP contribution in [0.3, 0.4) is 0 Å². The Balaban J connectivity index is 2.35. The normalized spacial score (nSPS) is 27.8. The lowest BCUT2D eigenvalue weighted by atomic mass is 9.99. The minimum absolute atomic E-state index is 0.116. The molecule has 28 heavy (non-hydrogen) atoms. The molecule has 0 saturated carbocycles.